The topological polar surface area (TPSA) is 49.4 Å². The highest BCUT2D eigenvalue weighted by Gasteiger charge is 2.24. The largest absolute Gasteiger partial charge is 0.322 e. The molecule has 0 spiro atoms. The van der Waals surface area contributed by atoms with Crippen LogP contribution in [0.15, 0.2) is 36.4 Å². The van der Waals surface area contributed by atoms with E-state index < -0.39 is 23.4 Å². The summed E-state index contributed by atoms with van der Waals surface area (Å²) in [5.41, 5.74) is 0.446. The zero-order valence-electron chi connectivity index (χ0n) is 14.8. The van der Waals surface area contributed by atoms with Crippen molar-refractivity contribution in [3.05, 3.63) is 65.0 Å². The second kappa shape index (κ2) is 7.92. The molecule has 3 rings (SSSR count). The number of nitrogens with zero attached hydrogens (tertiary/aromatic N) is 1. The minimum atomic E-state index is -1.63. The van der Waals surface area contributed by atoms with Gasteiger partial charge in [-0.1, -0.05) is 12.1 Å². The summed E-state index contributed by atoms with van der Waals surface area (Å²) in [5, 5.41) is 2.48. The number of anilines is 1. The molecule has 2 aromatic carbocycles. The van der Waals surface area contributed by atoms with Crippen molar-refractivity contribution in [2.24, 2.45) is 5.92 Å². The molecule has 0 aliphatic carbocycles. The molecule has 142 valence electrons. The van der Waals surface area contributed by atoms with E-state index in [1.165, 1.54) is 6.07 Å². The monoisotopic (exact) mass is 376 g/mol. The molecule has 4 nitrogen and oxygen atoms in total. The maximum absolute atomic E-state index is 13.3. The lowest BCUT2D eigenvalue weighted by atomic mass is 9.89. The smallest absolute Gasteiger partial charge is 0.255 e. The number of carbonyl (C=O) groups is 2. The Balaban J connectivity index is 1.74. The average Bonchev–Trinajstić information content (AvgIpc) is 2.66. The molecule has 1 aliphatic heterocycles. The lowest BCUT2D eigenvalue weighted by Crippen LogP contribution is -2.33. The number of hydrogen-bond donors (Lipinski definition) is 1. The van der Waals surface area contributed by atoms with Gasteiger partial charge in [0.05, 0.1) is 0 Å². The SMILES string of the molecule is CN1CCC(C(=O)c2cccc(NC(=O)c3cc(F)c(F)c(F)c3)c2)CC1. The fourth-order valence-corrected chi connectivity index (χ4v) is 3.15. The molecule has 7 heteroatoms. The highest BCUT2D eigenvalue weighted by Crippen LogP contribution is 2.23. The molecule has 1 saturated heterocycles. The van der Waals surface area contributed by atoms with Gasteiger partial charge in [0.2, 0.25) is 0 Å². The van der Waals surface area contributed by atoms with Gasteiger partial charge in [-0.3, -0.25) is 9.59 Å². The maximum atomic E-state index is 13.3. The first-order valence-corrected chi connectivity index (χ1v) is 8.64. The molecule has 0 aromatic heterocycles. The Labute approximate surface area is 155 Å². The summed E-state index contributed by atoms with van der Waals surface area (Å²) in [7, 11) is 2.01. The molecule has 0 unspecified atom stereocenters. The summed E-state index contributed by atoms with van der Waals surface area (Å²) in [6, 6.07) is 7.66. The third-order valence-corrected chi connectivity index (χ3v) is 4.74. The Bertz CT molecular complexity index is 854. The number of nitrogens with one attached hydrogen (secondary N) is 1. The second-order valence-corrected chi connectivity index (χ2v) is 6.73. The number of piperidine rings is 1. The zero-order valence-corrected chi connectivity index (χ0v) is 14.8. The van der Waals surface area contributed by atoms with Crippen LogP contribution in [0.25, 0.3) is 0 Å². The summed E-state index contributed by atoms with van der Waals surface area (Å²) in [5.74, 6) is -5.35. The molecule has 0 bridgehead atoms. The highest BCUT2D eigenvalue weighted by molar-refractivity contribution is 6.05. The van der Waals surface area contributed by atoms with Crippen LogP contribution in [0, 0.1) is 23.4 Å². The molecule has 1 N–H and O–H groups in total. The van der Waals surface area contributed by atoms with Crippen LogP contribution in [0.3, 0.4) is 0 Å². The number of rotatable bonds is 4. The van der Waals surface area contributed by atoms with E-state index in [4.69, 9.17) is 0 Å². The molecule has 1 fully saturated rings. The number of hydrogen-bond acceptors (Lipinski definition) is 3. The second-order valence-electron chi connectivity index (χ2n) is 6.73. The van der Waals surface area contributed by atoms with Crippen molar-refractivity contribution in [1.82, 2.24) is 4.90 Å². The number of carbonyl (C=O) groups excluding carboxylic acids is 2. The summed E-state index contributed by atoms with van der Waals surface area (Å²) in [4.78, 5) is 27.0. The predicted octanol–water partition coefficient (Wildman–Crippen LogP) is 3.88. The maximum Gasteiger partial charge on any atom is 0.255 e. The molecular weight excluding hydrogens is 357 g/mol. The zero-order chi connectivity index (χ0) is 19.6. The summed E-state index contributed by atoms with van der Waals surface area (Å²) >= 11 is 0. The molecule has 1 aliphatic rings. The van der Waals surface area contributed by atoms with Gasteiger partial charge >= 0.3 is 0 Å². The average molecular weight is 376 g/mol. The van der Waals surface area contributed by atoms with Crippen LogP contribution in [0.4, 0.5) is 18.9 Å². The lowest BCUT2D eigenvalue weighted by molar-refractivity contribution is 0.0856. The minimum Gasteiger partial charge on any atom is -0.322 e. The summed E-state index contributed by atoms with van der Waals surface area (Å²) in [6.07, 6.45) is 1.56. The van der Waals surface area contributed by atoms with Crippen LogP contribution < -0.4 is 5.32 Å². The molecule has 0 atom stereocenters. The number of Topliss-reactive ketones (excluding diaryl/α,β-unsaturated/α-hetero) is 1. The first kappa shape index (κ1) is 19.1. The van der Waals surface area contributed by atoms with Crippen LogP contribution in [0.2, 0.25) is 0 Å². The van der Waals surface area contributed by atoms with Crippen LogP contribution in [-0.2, 0) is 0 Å². The van der Waals surface area contributed by atoms with E-state index in [0.29, 0.717) is 23.4 Å². The van der Waals surface area contributed by atoms with Crippen molar-refractivity contribution < 1.29 is 22.8 Å². The fourth-order valence-electron chi connectivity index (χ4n) is 3.15. The van der Waals surface area contributed by atoms with E-state index in [1.54, 1.807) is 18.2 Å². The van der Waals surface area contributed by atoms with Crippen LogP contribution in [-0.4, -0.2) is 36.7 Å². The normalized spacial score (nSPS) is 15.6. The Morgan fingerprint density at radius 2 is 1.63 bits per heavy atom. The molecule has 0 radical (unpaired) electrons. The Morgan fingerprint density at radius 3 is 2.26 bits per heavy atom. The first-order chi connectivity index (χ1) is 12.8. The molecule has 2 aromatic rings. The van der Waals surface area contributed by atoms with Crippen molar-refractivity contribution in [3.8, 4) is 0 Å². The van der Waals surface area contributed by atoms with Crippen molar-refractivity contribution in [3.63, 3.8) is 0 Å². The molecule has 0 saturated carbocycles. The number of likely N-dealkylation sites (tertiary alicyclic amines) is 1. The van der Waals surface area contributed by atoms with Crippen molar-refractivity contribution in [2.75, 3.05) is 25.5 Å². The van der Waals surface area contributed by atoms with Gasteiger partial charge in [-0.25, -0.2) is 13.2 Å². The minimum absolute atomic E-state index is 0.0121. The van der Waals surface area contributed by atoms with Gasteiger partial charge in [0.1, 0.15) is 0 Å². The van der Waals surface area contributed by atoms with Crippen molar-refractivity contribution >= 4 is 17.4 Å². The van der Waals surface area contributed by atoms with Gasteiger partial charge in [-0.05, 0) is 57.2 Å². The lowest BCUT2D eigenvalue weighted by Gasteiger charge is -2.28. The summed E-state index contributed by atoms with van der Waals surface area (Å²) < 4.78 is 39.6. The van der Waals surface area contributed by atoms with Gasteiger partial charge in [0.25, 0.3) is 5.91 Å². The standard InChI is InChI=1S/C20H19F3N2O2/c1-25-7-5-12(6-8-25)19(26)13-3-2-4-15(9-13)24-20(27)14-10-16(21)18(23)17(22)11-14/h2-4,9-12H,5-8H2,1H3,(H,24,27). The van der Waals surface area contributed by atoms with Crippen LogP contribution in [0.1, 0.15) is 33.6 Å². The third kappa shape index (κ3) is 4.36. The van der Waals surface area contributed by atoms with Crippen molar-refractivity contribution in [1.29, 1.82) is 0 Å². The predicted molar refractivity (Wildman–Crippen MR) is 95.3 cm³/mol. The Hall–Kier alpha value is -2.67. The number of ketones is 1. The van der Waals surface area contributed by atoms with E-state index in [2.05, 4.69) is 10.2 Å². The van der Waals surface area contributed by atoms with Gasteiger partial charge in [0, 0.05) is 22.7 Å². The van der Waals surface area contributed by atoms with Gasteiger partial charge in [-0.2, -0.15) is 0 Å². The molecule has 1 heterocycles. The molecule has 1 amide bonds. The van der Waals surface area contributed by atoms with Crippen molar-refractivity contribution in [2.45, 2.75) is 12.8 Å². The number of halogens is 3. The third-order valence-electron chi connectivity index (χ3n) is 4.74. The first-order valence-electron chi connectivity index (χ1n) is 8.64. The number of benzene rings is 2. The summed E-state index contributed by atoms with van der Waals surface area (Å²) in [6.45, 7) is 1.71. The van der Waals surface area contributed by atoms with Gasteiger partial charge < -0.3 is 10.2 Å². The quantitative estimate of drug-likeness (QED) is 0.651. The van der Waals surface area contributed by atoms with E-state index in [0.717, 1.165) is 25.9 Å². The van der Waals surface area contributed by atoms with Gasteiger partial charge in [0.15, 0.2) is 23.2 Å². The van der Waals surface area contributed by atoms with Crippen LogP contribution in [0.5, 0.6) is 0 Å². The molecule has 27 heavy (non-hydrogen) atoms. The van der Waals surface area contributed by atoms with Gasteiger partial charge in [-0.15, -0.1) is 0 Å². The Morgan fingerprint density at radius 1 is 1.00 bits per heavy atom. The fraction of sp³-hybridized carbons (Fsp3) is 0.300. The van der Waals surface area contributed by atoms with E-state index in [1.807, 2.05) is 7.05 Å². The number of amides is 1. The highest BCUT2D eigenvalue weighted by atomic mass is 19.2. The molecular formula is C20H19F3N2O2. The van der Waals surface area contributed by atoms with E-state index in [9.17, 15) is 22.8 Å². The van der Waals surface area contributed by atoms with E-state index >= 15 is 0 Å². The van der Waals surface area contributed by atoms with E-state index in [-0.39, 0.29) is 17.3 Å². The Kier molecular flexibility index (Phi) is 5.60. The van der Waals surface area contributed by atoms with Crippen LogP contribution >= 0.6 is 0 Å².